The van der Waals surface area contributed by atoms with Gasteiger partial charge in [-0.25, -0.2) is 0 Å². The van der Waals surface area contributed by atoms with Crippen LogP contribution in [-0.4, -0.2) is 28.1 Å². The molecule has 0 aliphatic rings. The van der Waals surface area contributed by atoms with Crippen molar-refractivity contribution in [3.63, 3.8) is 0 Å². The highest BCUT2D eigenvalue weighted by atomic mass is 16.5. The number of fused-ring (bicyclic) bond motifs is 1. The average molecular weight is 360 g/mol. The van der Waals surface area contributed by atoms with Crippen molar-refractivity contribution in [2.24, 2.45) is 5.92 Å². The summed E-state index contributed by atoms with van der Waals surface area (Å²) >= 11 is 0. The number of carbonyl (C=O) groups excluding carboxylic acids is 1. The highest BCUT2D eigenvalue weighted by Gasteiger charge is 2.23. The predicted molar refractivity (Wildman–Crippen MR) is 102 cm³/mol. The second-order valence-corrected chi connectivity index (χ2v) is 7.12. The van der Waals surface area contributed by atoms with Crippen LogP contribution in [0.25, 0.3) is 10.9 Å². The molecule has 0 spiro atoms. The molecule has 0 aliphatic heterocycles. The van der Waals surface area contributed by atoms with E-state index in [4.69, 9.17) is 4.74 Å². The Hall–Kier alpha value is -2.18. The molecular formula is C20H28N2O4. The van der Waals surface area contributed by atoms with E-state index in [1.54, 1.807) is 32.0 Å². The van der Waals surface area contributed by atoms with Crippen molar-refractivity contribution in [3.8, 4) is 5.75 Å². The zero-order valence-electron chi connectivity index (χ0n) is 16.0. The number of ether oxygens (including phenoxy) is 1. The van der Waals surface area contributed by atoms with E-state index in [2.05, 4.69) is 10.3 Å². The van der Waals surface area contributed by atoms with Crippen molar-refractivity contribution in [1.29, 1.82) is 0 Å². The lowest BCUT2D eigenvalue weighted by Gasteiger charge is -2.26. The Morgan fingerprint density at radius 2 is 1.88 bits per heavy atom. The Kier molecular flexibility index (Phi) is 6.56. The fourth-order valence-corrected chi connectivity index (χ4v) is 2.89. The van der Waals surface area contributed by atoms with Crippen LogP contribution in [0.15, 0.2) is 29.1 Å². The molecule has 142 valence electrons. The molecule has 6 nitrogen and oxygen atoms in total. The lowest BCUT2D eigenvalue weighted by atomic mass is 9.95. The third-order valence-corrected chi connectivity index (χ3v) is 4.26. The van der Waals surface area contributed by atoms with E-state index in [0.29, 0.717) is 16.5 Å². The maximum absolute atomic E-state index is 12.0. The summed E-state index contributed by atoms with van der Waals surface area (Å²) in [6.45, 7) is 9.55. The van der Waals surface area contributed by atoms with Crippen LogP contribution in [0.3, 0.4) is 0 Å². The summed E-state index contributed by atoms with van der Waals surface area (Å²) in [4.78, 5) is 26.5. The monoisotopic (exact) mass is 360 g/mol. The van der Waals surface area contributed by atoms with Crippen LogP contribution in [0.2, 0.25) is 0 Å². The number of esters is 1. The summed E-state index contributed by atoms with van der Waals surface area (Å²) < 4.78 is 5.42. The molecule has 1 heterocycles. The standard InChI is InChI=1S/C20H28N2O4/c1-6-15(21-12(4)5)19(24)14-7-9-16(26-20(25)11(2)3)18-13(14)8-10-17(23)22-18/h7-12,15,19,21,24H,6H2,1-5H3,(H,22,23). The smallest absolute Gasteiger partial charge is 0.313 e. The molecule has 0 radical (unpaired) electrons. The quantitative estimate of drug-likeness (QED) is 0.522. The molecule has 2 atom stereocenters. The molecule has 1 aromatic carbocycles. The number of aliphatic hydroxyl groups excluding tert-OH is 1. The largest absolute Gasteiger partial charge is 0.424 e. The maximum atomic E-state index is 12.0. The average Bonchev–Trinajstić information content (AvgIpc) is 2.59. The van der Waals surface area contributed by atoms with Gasteiger partial charge >= 0.3 is 5.97 Å². The van der Waals surface area contributed by atoms with Crippen molar-refractivity contribution in [3.05, 3.63) is 40.2 Å². The Balaban J connectivity index is 2.53. The molecule has 2 rings (SSSR count). The number of H-pyrrole nitrogens is 1. The summed E-state index contributed by atoms with van der Waals surface area (Å²) in [7, 11) is 0. The molecule has 0 aliphatic carbocycles. The van der Waals surface area contributed by atoms with E-state index >= 15 is 0 Å². The first-order valence-corrected chi connectivity index (χ1v) is 9.06. The number of carbonyl (C=O) groups is 1. The summed E-state index contributed by atoms with van der Waals surface area (Å²) in [5, 5.41) is 14.9. The topological polar surface area (TPSA) is 91.4 Å². The predicted octanol–water partition coefficient (Wildman–Crippen LogP) is 2.90. The lowest BCUT2D eigenvalue weighted by molar-refractivity contribution is -0.137. The van der Waals surface area contributed by atoms with E-state index in [-0.39, 0.29) is 35.3 Å². The minimum Gasteiger partial charge on any atom is -0.424 e. The third-order valence-electron chi connectivity index (χ3n) is 4.26. The van der Waals surface area contributed by atoms with Gasteiger partial charge in [0.1, 0.15) is 0 Å². The molecule has 26 heavy (non-hydrogen) atoms. The van der Waals surface area contributed by atoms with E-state index in [1.807, 2.05) is 20.8 Å². The number of pyridine rings is 1. The Bertz CT molecular complexity index is 826. The van der Waals surface area contributed by atoms with E-state index in [9.17, 15) is 14.7 Å². The number of hydrogen-bond acceptors (Lipinski definition) is 5. The molecule has 0 amide bonds. The summed E-state index contributed by atoms with van der Waals surface area (Å²) in [6, 6.07) is 6.53. The van der Waals surface area contributed by atoms with Gasteiger partial charge in [-0.1, -0.05) is 40.7 Å². The number of hydrogen-bond donors (Lipinski definition) is 3. The number of aromatic amines is 1. The van der Waals surface area contributed by atoms with Gasteiger partial charge < -0.3 is 20.1 Å². The highest BCUT2D eigenvalue weighted by Crippen LogP contribution is 2.32. The van der Waals surface area contributed by atoms with Gasteiger partial charge in [-0.05, 0) is 24.1 Å². The molecule has 0 bridgehead atoms. The summed E-state index contributed by atoms with van der Waals surface area (Å²) in [5.74, 6) is -0.375. The van der Waals surface area contributed by atoms with Gasteiger partial charge in [-0.2, -0.15) is 0 Å². The number of rotatable bonds is 7. The summed E-state index contributed by atoms with van der Waals surface area (Å²) in [6.07, 6.45) is -0.0143. The van der Waals surface area contributed by atoms with Crippen LogP contribution < -0.4 is 15.6 Å². The SMILES string of the molecule is CCC(NC(C)C)C(O)c1ccc(OC(=O)C(C)C)c2[nH]c(=O)ccc12. The first kappa shape index (κ1) is 20.1. The van der Waals surface area contributed by atoms with Crippen LogP contribution in [0.1, 0.15) is 52.7 Å². The Morgan fingerprint density at radius 3 is 2.46 bits per heavy atom. The number of nitrogens with one attached hydrogen (secondary N) is 2. The fraction of sp³-hybridized carbons (Fsp3) is 0.500. The second-order valence-electron chi connectivity index (χ2n) is 7.12. The molecule has 6 heteroatoms. The third kappa shape index (κ3) is 4.51. The zero-order chi connectivity index (χ0) is 19.4. The minimum atomic E-state index is -0.759. The van der Waals surface area contributed by atoms with Crippen molar-refractivity contribution >= 4 is 16.9 Å². The van der Waals surface area contributed by atoms with Gasteiger partial charge in [-0.3, -0.25) is 9.59 Å². The molecule has 0 fully saturated rings. The van der Waals surface area contributed by atoms with Crippen molar-refractivity contribution in [1.82, 2.24) is 10.3 Å². The normalized spacial score (nSPS) is 14.0. The Labute approximate surface area is 153 Å². The zero-order valence-corrected chi connectivity index (χ0v) is 16.0. The molecule has 2 aromatic rings. The van der Waals surface area contributed by atoms with Crippen LogP contribution in [0.5, 0.6) is 5.75 Å². The molecule has 3 N–H and O–H groups in total. The van der Waals surface area contributed by atoms with Crippen molar-refractivity contribution in [2.75, 3.05) is 0 Å². The van der Waals surface area contributed by atoms with Gasteiger partial charge in [0.15, 0.2) is 5.75 Å². The van der Waals surface area contributed by atoms with E-state index < -0.39 is 6.10 Å². The van der Waals surface area contributed by atoms with E-state index in [0.717, 1.165) is 6.42 Å². The second kappa shape index (κ2) is 8.47. The summed E-state index contributed by atoms with van der Waals surface area (Å²) in [5.41, 5.74) is 0.807. The first-order valence-electron chi connectivity index (χ1n) is 9.06. The molecule has 1 aromatic heterocycles. The van der Waals surface area contributed by atoms with Gasteiger partial charge in [-0.15, -0.1) is 0 Å². The van der Waals surface area contributed by atoms with Crippen molar-refractivity contribution < 1.29 is 14.6 Å². The van der Waals surface area contributed by atoms with Crippen LogP contribution in [0, 0.1) is 5.92 Å². The number of aromatic nitrogens is 1. The van der Waals surface area contributed by atoms with Gasteiger partial charge in [0.05, 0.1) is 17.5 Å². The van der Waals surface area contributed by atoms with E-state index in [1.165, 1.54) is 6.07 Å². The first-order chi connectivity index (χ1) is 12.2. The number of benzene rings is 1. The fourth-order valence-electron chi connectivity index (χ4n) is 2.89. The minimum absolute atomic E-state index is 0.130. The van der Waals surface area contributed by atoms with Crippen LogP contribution >= 0.6 is 0 Å². The number of aliphatic hydroxyl groups is 1. The molecule has 2 unspecified atom stereocenters. The van der Waals surface area contributed by atoms with Crippen LogP contribution in [0.4, 0.5) is 0 Å². The lowest BCUT2D eigenvalue weighted by Crippen LogP contribution is -2.39. The Morgan fingerprint density at radius 1 is 1.19 bits per heavy atom. The van der Waals surface area contributed by atoms with Crippen molar-refractivity contribution in [2.45, 2.75) is 59.2 Å². The molecule has 0 saturated heterocycles. The van der Waals surface area contributed by atoms with Gasteiger partial charge in [0.2, 0.25) is 5.56 Å². The maximum Gasteiger partial charge on any atom is 0.313 e. The van der Waals surface area contributed by atoms with Gasteiger partial charge in [0, 0.05) is 23.5 Å². The van der Waals surface area contributed by atoms with Gasteiger partial charge in [0.25, 0.3) is 0 Å². The van der Waals surface area contributed by atoms with Crippen LogP contribution in [-0.2, 0) is 4.79 Å². The molecule has 0 saturated carbocycles. The molecular weight excluding hydrogens is 332 g/mol. The highest BCUT2D eigenvalue weighted by molar-refractivity contribution is 5.90.